The van der Waals surface area contributed by atoms with E-state index >= 15 is 0 Å². The van der Waals surface area contributed by atoms with Gasteiger partial charge in [0.05, 0.1) is 18.6 Å². The molecule has 0 N–H and O–H groups in total. The molecule has 8 nitrogen and oxygen atoms in total. The molecule has 42 heavy (non-hydrogen) atoms. The number of rotatable bonds is 12. The van der Waals surface area contributed by atoms with Crippen LogP contribution in [-0.4, -0.2) is 72.9 Å². The molecule has 0 aliphatic carbocycles. The summed E-state index contributed by atoms with van der Waals surface area (Å²) in [5.41, 5.74) is 0. The van der Waals surface area contributed by atoms with Crippen LogP contribution in [0.4, 0.5) is 0 Å². The van der Waals surface area contributed by atoms with Gasteiger partial charge in [0, 0.05) is 45.4 Å². The summed E-state index contributed by atoms with van der Waals surface area (Å²) in [7, 11) is 3.72. The Balaban J connectivity index is -0.000000229. The lowest BCUT2D eigenvalue weighted by Crippen LogP contribution is -2.33. The van der Waals surface area contributed by atoms with Gasteiger partial charge in [-0.15, -0.1) is 0 Å². The van der Waals surface area contributed by atoms with Crippen molar-refractivity contribution in [3.05, 3.63) is 0 Å². The van der Waals surface area contributed by atoms with Gasteiger partial charge >= 0.3 is 11.9 Å². The second-order valence-corrected chi connectivity index (χ2v) is 13.8. The molecule has 0 atom stereocenters. The fraction of sp³-hybridized carbons (Fsp3) is 0.882. The Bertz CT molecular complexity index is 701. The van der Waals surface area contributed by atoms with Gasteiger partial charge in [0.2, 0.25) is 11.8 Å². The normalized spacial score (nSPS) is 10.7. The molecule has 0 aromatic carbocycles. The molecule has 252 valence electrons. The van der Waals surface area contributed by atoms with Crippen molar-refractivity contribution in [3.8, 4) is 0 Å². The Morgan fingerprint density at radius 1 is 0.595 bits per heavy atom. The third-order valence-electron chi connectivity index (χ3n) is 5.23. The third-order valence-corrected chi connectivity index (χ3v) is 5.23. The first kappa shape index (κ1) is 46.8. The maximum Gasteiger partial charge on any atom is 0.308 e. The Morgan fingerprint density at radius 2 is 1.05 bits per heavy atom. The van der Waals surface area contributed by atoms with Crippen LogP contribution in [0.15, 0.2) is 0 Å². The Morgan fingerprint density at radius 3 is 1.33 bits per heavy atom. The van der Waals surface area contributed by atoms with Crippen LogP contribution in [0.1, 0.15) is 124 Å². The van der Waals surface area contributed by atoms with Crippen LogP contribution in [0, 0.1) is 35.5 Å². The molecule has 0 rings (SSSR count). The smallest absolute Gasteiger partial charge is 0.308 e. The van der Waals surface area contributed by atoms with Gasteiger partial charge in [-0.3, -0.25) is 19.2 Å². The molecule has 0 bridgehead atoms. The van der Waals surface area contributed by atoms with Gasteiger partial charge in [-0.25, -0.2) is 0 Å². The minimum absolute atomic E-state index is 0.00116. The number of carbonyl (C=O) groups excluding carboxylic acids is 4. The van der Waals surface area contributed by atoms with Crippen LogP contribution in [-0.2, 0) is 28.7 Å². The molecular formula is C34H70N2O6. The van der Waals surface area contributed by atoms with Crippen LogP contribution in [0.5, 0.6) is 0 Å². The van der Waals surface area contributed by atoms with Crippen molar-refractivity contribution in [1.29, 1.82) is 0 Å². The Hall–Kier alpha value is -2.12. The lowest BCUT2D eigenvalue weighted by molar-refractivity contribution is -0.149. The van der Waals surface area contributed by atoms with E-state index in [2.05, 4.69) is 27.7 Å². The summed E-state index contributed by atoms with van der Waals surface area (Å²) >= 11 is 0. The second kappa shape index (κ2) is 26.5. The summed E-state index contributed by atoms with van der Waals surface area (Å²) in [6, 6.07) is 0.321. The van der Waals surface area contributed by atoms with Crippen molar-refractivity contribution >= 4 is 23.8 Å². The molecule has 0 aromatic heterocycles. The topological polar surface area (TPSA) is 93.2 Å². The van der Waals surface area contributed by atoms with E-state index in [1.807, 2.05) is 97.2 Å². The summed E-state index contributed by atoms with van der Waals surface area (Å²) in [6.45, 7) is 33.1. The van der Waals surface area contributed by atoms with E-state index < -0.39 is 0 Å². The first-order chi connectivity index (χ1) is 19.0. The van der Waals surface area contributed by atoms with Gasteiger partial charge in [-0.05, 0) is 51.4 Å². The van der Waals surface area contributed by atoms with Gasteiger partial charge < -0.3 is 19.3 Å². The highest BCUT2D eigenvalue weighted by Crippen LogP contribution is 2.05. The maximum absolute atomic E-state index is 11.3. The van der Waals surface area contributed by atoms with Gasteiger partial charge in [0.15, 0.2) is 0 Å². The van der Waals surface area contributed by atoms with Crippen molar-refractivity contribution in [2.24, 2.45) is 35.5 Å². The standard InChI is InChI=1S/2C9H19NO.2C8H16O2/c1-7(2)6-10(5)9(11)8(3)4;1-7(2)6-9(11)10(5)8(3)4;1-6(2)5-10-8(9)7(3)4;1-6(2)5-8(9)10-7(3)4/h2*7-8H,6H2,1-5H3;2*6-7H,5H2,1-4H3. The number of hydrogen-bond donors (Lipinski definition) is 0. The van der Waals surface area contributed by atoms with Gasteiger partial charge in [-0.1, -0.05) is 83.1 Å². The number of esters is 2. The molecule has 0 saturated heterocycles. The zero-order valence-corrected chi connectivity index (χ0v) is 30.8. The minimum atomic E-state index is -0.103. The first-order valence-corrected chi connectivity index (χ1v) is 15.8. The summed E-state index contributed by atoms with van der Waals surface area (Å²) in [5, 5.41) is 0. The summed E-state index contributed by atoms with van der Waals surface area (Å²) < 4.78 is 9.85. The number of amides is 2. The zero-order chi connectivity index (χ0) is 34.3. The highest BCUT2D eigenvalue weighted by molar-refractivity contribution is 5.77. The van der Waals surface area contributed by atoms with Gasteiger partial charge in [-0.2, -0.15) is 0 Å². The van der Waals surface area contributed by atoms with E-state index in [9.17, 15) is 19.2 Å². The van der Waals surface area contributed by atoms with Crippen LogP contribution in [0.3, 0.4) is 0 Å². The molecule has 0 heterocycles. The van der Waals surface area contributed by atoms with E-state index in [0.717, 1.165) is 6.54 Å². The van der Waals surface area contributed by atoms with Crippen molar-refractivity contribution in [1.82, 2.24) is 9.80 Å². The van der Waals surface area contributed by atoms with Crippen molar-refractivity contribution in [3.63, 3.8) is 0 Å². The van der Waals surface area contributed by atoms with E-state index in [4.69, 9.17) is 9.47 Å². The molecule has 0 fully saturated rings. The number of ether oxygens (including phenoxy) is 2. The number of hydrogen-bond acceptors (Lipinski definition) is 6. The average Bonchev–Trinajstić information content (AvgIpc) is 2.80. The second-order valence-electron chi connectivity index (χ2n) is 13.8. The summed E-state index contributed by atoms with van der Waals surface area (Å²) in [4.78, 5) is 47.9. The molecule has 0 radical (unpaired) electrons. The monoisotopic (exact) mass is 603 g/mol. The Labute approximate surface area is 260 Å². The molecule has 0 aromatic rings. The molecule has 8 heteroatoms. The molecule has 0 aliphatic heterocycles. The highest BCUT2D eigenvalue weighted by Gasteiger charge is 2.14. The van der Waals surface area contributed by atoms with Crippen molar-refractivity contribution in [2.45, 2.75) is 136 Å². The fourth-order valence-electron chi connectivity index (χ4n) is 2.92. The van der Waals surface area contributed by atoms with E-state index in [1.165, 1.54) is 0 Å². The average molecular weight is 603 g/mol. The molecule has 0 saturated carbocycles. The SMILES string of the molecule is CC(C)CC(=O)N(C)C(C)C.CC(C)CC(=O)OC(C)C.CC(C)CN(C)C(=O)C(C)C.CC(C)COC(=O)C(C)C. The van der Waals surface area contributed by atoms with E-state index in [0.29, 0.717) is 49.2 Å². The van der Waals surface area contributed by atoms with E-state index in [-0.39, 0.29) is 41.7 Å². The molecule has 0 aliphatic rings. The number of carbonyl (C=O) groups is 4. The predicted molar refractivity (Wildman–Crippen MR) is 176 cm³/mol. The lowest BCUT2D eigenvalue weighted by Gasteiger charge is -2.22. The van der Waals surface area contributed by atoms with Crippen LogP contribution < -0.4 is 0 Å². The highest BCUT2D eigenvalue weighted by atomic mass is 16.5. The third kappa shape index (κ3) is 34.1. The fourth-order valence-corrected chi connectivity index (χ4v) is 2.92. The molecule has 2 amide bonds. The minimum Gasteiger partial charge on any atom is -0.465 e. The van der Waals surface area contributed by atoms with Crippen molar-refractivity contribution < 1.29 is 28.7 Å². The molecule has 0 spiro atoms. The van der Waals surface area contributed by atoms with Gasteiger partial charge in [0.1, 0.15) is 0 Å². The van der Waals surface area contributed by atoms with Crippen LogP contribution in [0.2, 0.25) is 0 Å². The quantitative estimate of drug-likeness (QED) is 0.215. The molecular weight excluding hydrogens is 532 g/mol. The maximum atomic E-state index is 11.3. The lowest BCUT2D eigenvalue weighted by atomic mass is 10.1. The molecule has 0 unspecified atom stereocenters. The van der Waals surface area contributed by atoms with Crippen molar-refractivity contribution in [2.75, 3.05) is 27.2 Å². The largest absolute Gasteiger partial charge is 0.465 e. The van der Waals surface area contributed by atoms with Gasteiger partial charge in [0.25, 0.3) is 0 Å². The van der Waals surface area contributed by atoms with Crippen LogP contribution in [0.25, 0.3) is 0 Å². The number of nitrogens with zero attached hydrogens (tertiary/aromatic N) is 2. The zero-order valence-electron chi connectivity index (χ0n) is 30.8. The summed E-state index contributed by atoms with van der Waals surface area (Å²) in [6.07, 6.45) is 1.21. The summed E-state index contributed by atoms with van der Waals surface area (Å²) in [5.74, 6) is 2.25. The van der Waals surface area contributed by atoms with E-state index in [1.54, 1.807) is 9.80 Å². The Kier molecular flexibility index (Phi) is 29.5. The van der Waals surface area contributed by atoms with Crippen LogP contribution >= 0.6 is 0 Å². The first-order valence-electron chi connectivity index (χ1n) is 15.8. The predicted octanol–water partition coefficient (Wildman–Crippen LogP) is 7.48.